The Bertz CT molecular complexity index is 629. The standard InChI is InChI=1S/C21H35N5O2/c1-4-17(3)25-20(27)19-8-6-7-18(15-19)16-24-21(22-5-2)23-9-10-26-11-13-28-14-12-26/h6-8,15,17H,4-5,9-14,16H2,1-3H3,(H,25,27)(H2,22,23,24). The average Bonchev–Trinajstić information content (AvgIpc) is 2.73. The first-order valence-electron chi connectivity index (χ1n) is 10.3. The normalized spacial score (nSPS) is 16.5. The highest BCUT2D eigenvalue weighted by molar-refractivity contribution is 5.94. The molecular weight excluding hydrogens is 354 g/mol. The van der Waals surface area contributed by atoms with Crippen molar-refractivity contribution in [3.8, 4) is 0 Å². The van der Waals surface area contributed by atoms with Crippen LogP contribution < -0.4 is 16.0 Å². The molecule has 156 valence electrons. The van der Waals surface area contributed by atoms with Crippen LogP contribution in [0.25, 0.3) is 0 Å². The molecular formula is C21H35N5O2. The molecule has 0 bridgehead atoms. The lowest BCUT2D eigenvalue weighted by Crippen LogP contribution is -2.44. The van der Waals surface area contributed by atoms with Crippen molar-refractivity contribution in [3.63, 3.8) is 0 Å². The molecule has 1 amide bonds. The zero-order valence-corrected chi connectivity index (χ0v) is 17.5. The van der Waals surface area contributed by atoms with Crippen molar-refractivity contribution in [3.05, 3.63) is 35.4 Å². The fraction of sp³-hybridized carbons (Fsp3) is 0.619. The highest BCUT2D eigenvalue weighted by Gasteiger charge is 2.10. The SMILES string of the molecule is CCNC(=NCc1cccc(C(=O)NC(C)CC)c1)NCCN1CCOCC1. The maximum atomic E-state index is 12.3. The second-order valence-corrected chi connectivity index (χ2v) is 7.06. The van der Waals surface area contributed by atoms with Crippen LogP contribution in [-0.2, 0) is 11.3 Å². The van der Waals surface area contributed by atoms with E-state index in [1.165, 1.54) is 0 Å². The largest absolute Gasteiger partial charge is 0.379 e. The molecule has 0 spiro atoms. The number of hydrogen-bond donors (Lipinski definition) is 3. The number of guanidine groups is 1. The molecule has 1 heterocycles. The highest BCUT2D eigenvalue weighted by atomic mass is 16.5. The number of ether oxygens (including phenoxy) is 1. The molecule has 0 radical (unpaired) electrons. The number of hydrogen-bond acceptors (Lipinski definition) is 4. The Morgan fingerprint density at radius 1 is 1.25 bits per heavy atom. The van der Waals surface area contributed by atoms with Crippen molar-refractivity contribution in [2.75, 3.05) is 45.9 Å². The smallest absolute Gasteiger partial charge is 0.251 e. The van der Waals surface area contributed by atoms with E-state index in [1.807, 2.05) is 31.2 Å². The van der Waals surface area contributed by atoms with E-state index in [4.69, 9.17) is 4.74 Å². The summed E-state index contributed by atoms with van der Waals surface area (Å²) >= 11 is 0. The Morgan fingerprint density at radius 3 is 2.75 bits per heavy atom. The summed E-state index contributed by atoms with van der Waals surface area (Å²) in [6, 6.07) is 7.84. The lowest BCUT2D eigenvalue weighted by Gasteiger charge is -2.26. The summed E-state index contributed by atoms with van der Waals surface area (Å²) in [5.41, 5.74) is 1.69. The molecule has 1 unspecified atom stereocenters. The third kappa shape index (κ3) is 7.86. The van der Waals surface area contributed by atoms with Gasteiger partial charge in [0.2, 0.25) is 0 Å². The van der Waals surface area contributed by atoms with Gasteiger partial charge in [0.15, 0.2) is 5.96 Å². The molecule has 1 aliphatic heterocycles. The quantitative estimate of drug-likeness (QED) is 0.442. The number of carbonyl (C=O) groups excluding carboxylic acids is 1. The number of amides is 1. The first-order valence-corrected chi connectivity index (χ1v) is 10.3. The van der Waals surface area contributed by atoms with Gasteiger partial charge in [-0.05, 0) is 38.0 Å². The van der Waals surface area contributed by atoms with Crippen molar-refractivity contribution >= 4 is 11.9 Å². The Balaban J connectivity index is 1.88. The molecule has 0 aromatic heterocycles. The minimum absolute atomic E-state index is 0.0317. The minimum Gasteiger partial charge on any atom is -0.379 e. The van der Waals surface area contributed by atoms with Crippen molar-refractivity contribution in [1.29, 1.82) is 0 Å². The van der Waals surface area contributed by atoms with Gasteiger partial charge in [-0.2, -0.15) is 0 Å². The Labute approximate surface area is 168 Å². The highest BCUT2D eigenvalue weighted by Crippen LogP contribution is 2.07. The van der Waals surface area contributed by atoms with E-state index < -0.39 is 0 Å². The summed E-state index contributed by atoms with van der Waals surface area (Å²) in [5.74, 6) is 0.765. The van der Waals surface area contributed by atoms with Gasteiger partial charge in [-0.1, -0.05) is 19.1 Å². The summed E-state index contributed by atoms with van der Waals surface area (Å²) in [6.45, 7) is 12.9. The van der Waals surface area contributed by atoms with Gasteiger partial charge in [-0.3, -0.25) is 9.69 Å². The number of aliphatic imine (C=N–C) groups is 1. The summed E-state index contributed by atoms with van der Waals surface area (Å²) in [6.07, 6.45) is 0.915. The molecule has 7 nitrogen and oxygen atoms in total. The van der Waals surface area contributed by atoms with Crippen LogP contribution in [0, 0.1) is 0 Å². The van der Waals surface area contributed by atoms with Gasteiger partial charge in [0.1, 0.15) is 0 Å². The molecule has 0 aliphatic carbocycles. The minimum atomic E-state index is -0.0317. The predicted molar refractivity (Wildman–Crippen MR) is 114 cm³/mol. The number of morpholine rings is 1. The summed E-state index contributed by atoms with van der Waals surface area (Å²) in [4.78, 5) is 19.4. The monoisotopic (exact) mass is 389 g/mol. The molecule has 1 fully saturated rings. The van der Waals surface area contributed by atoms with Crippen LogP contribution in [0.15, 0.2) is 29.3 Å². The van der Waals surface area contributed by atoms with Crippen LogP contribution in [0.1, 0.15) is 43.1 Å². The lowest BCUT2D eigenvalue weighted by atomic mass is 10.1. The third-order valence-corrected chi connectivity index (χ3v) is 4.77. The van der Waals surface area contributed by atoms with Gasteiger partial charge in [0, 0.05) is 44.3 Å². The van der Waals surface area contributed by atoms with Gasteiger partial charge in [-0.15, -0.1) is 0 Å². The first-order chi connectivity index (χ1) is 13.6. The van der Waals surface area contributed by atoms with E-state index >= 15 is 0 Å². The zero-order valence-electron chi connectivity index (χ0n) is 17.5. The lowest BCUT2D eigenvalue weighted by molar-refractivity contribution is 0.0389. The van der Waals surface area contributed by atoms with Crippen LogP contribution in [-0.4, -0.2) is 68.7 Å². The topological polar surface area (TPSA) is 78.0 Å². The maximum Gasteiger partial charge on any atom is 0.251 e. The van der Waals surface area contributed by atoms with Crippen molar-refractivity contribution in [1.82, 2.24) is 20.9 Å². The van der Waals surface area contributed by atoms with Crippen molar-refractivity contribution in [2.24, 2.45) is 4.99 Å². The van der Waals surface area contributed by atoms with Crippen LogP contribution in [0.2, 0.25) is 0 Å². The van der Waals surface area contributed by atoms with Crippen molar-refractivity contribution in [2.45, 2.75) is 39.8 Å². The van der Waals surface area contributed by atoms with E-state index in [9.17, 15) is 4.79 Å². The van der Waals surface area contributed by atoms with Gasteiger partial charge in [0.25, 0.3) is 5.91 Å². The van der Waals surface area contributed by atoms with Crippen molar-refractivity contribution < 1.29 is 9.53 Å². The first kappa shape index (κ1) is 22.2. The number of benzene rings is 1. The zero-order chi connectivity index (χ0) is 20.2. The molecule has 1 aromatic carbocycles. The predicted octanol–water partition coefficient (Wildman–Crippen LogP) is 1.60. The van der Waals surface area contributed by atoms with Crippen LogP contribution in [0.5, 0.6) is 0 Å². The fourth-order valence-corrected chi connectivity index (χ4v) is 2.89. The molecule has 1 aliphatic rings. The van der Waals surface area contributed by atoms with Crippen LogP contribution >= 0.6 is 0 Å². The average molecular weight is 390 g/mol. The van der Waals surface area contributed by atoms with E-state index in [-0.39, 0.29) is 11.9 Å². The Hall–Kier alpha value is -2.12. The van der Waals surface area contributed by atoms with Gasteiger partial charge in [0.05, 0.1) is 19.8 Å². The van der Waals surface area contributed by atoms with E-state index in [1.54, 1.807) is 0 Å². The third-order valence-electron chi connectivity index (χ3n) is 4.77. The maximum absolute atomic E-state index is 12.3. The van der Waals surface area contributed by atoms with Crippen LogP contribution in [0.4, 0.5) is 0 Å². The van der Waals surface area contributed by atoms with Gasteiger partial charge >= 0.3 is 0 Å². The van der Waals surface area contributed by atoms with E-state index in [0.29, 0.717) is 12.1 Å². The molecule has 7 heteroatoms. The number of rotatable bonds is 9. The van der Waals surface area contributed by atoms with Gasteiger partial charge in [-0.25, -0.2) is 4.99 Å². The second-order valence-electron chi connectivity index (χ2n) is 7.06. The molecule has 1 saturated heterocycles. The molecule has 1 atom stereocenters. The number of nitrogens with one attached hydrogen (secondary N) is 3. The van der Waals surface area contributed by atoms with E-state index in [2.05, 4.69) is 39.7 Å². The number of carbonyl (C=O) groups is 1. The summed E-state index contributed by atoms with van der Waals surface area (Å²) in [5, 5.41) is 9.67. The fourth-order valence-electron chi connectivity index (χ4n) is 2.89. The second kappa shape index (κ2) is 12.4. The molecule has 3 N–H and O–H groups in total. The Kier molecular flexibility index (Phi) is 9.79. The van der Waals surface area contributed by atoms with E-state index in [0.717, 1.165) is 63.9 Å². The molecule has 0 saturated carbocycles. The van der Waals surface area contributed by atoms with Gasteiger partial charge < -0.3 is 20.7 Å². The summed E-state index contributed by atoms with van der Waals surface area (Å²) in [7, 11) is 0. The summed E-state index contributed by atoms with van der Waals surface area (Å²) < 4.78 is 5.38. The molecule has 1 aromatic rings. The number of nitrogens with zero attached hydrogens (tertiary/aromatic N) is 2. The Morgan fingerprint density at radius 2 is 2.04 bits per heavy atom. The molecule has 2 rings (SSSR count). The van der Waals surface area contributed by atoms with Crippen LogP contribution in [0.3, 0.4) is 0 Å². The molecule has 28 heavy (non-hydrogen) atoms.